The van der Waals surface area contributed by atoms with Crippen molar-refractivity contribution < 1.29 is 23.7 Å². The van der Waals surface area contributed by atoms with Gasteiger partial charge in [-0.05, 0) is 36.8 Å². The molecule has 0 aliphatic heterocycles. The Morgan fingerprint density at radius 3 is 1.92 bits per heavy atom. The molecule has 132 valence electrons. The van der Waals surface area contributed by atoms with Crippen LogP contribution in [0.3, 0.4) is 0 Å². The zero-order valence-corrected chi connectivity index (χ0v) is 14.9. The molecular weight excluding hydrogens is 320 g/mol. The lowest BCUT2D eigenvalue weighted by Crippen LogP contribution is -2.04. The first-order valence-electron chi connectivity index (χ1n) is 7.82. The van der Waals surface area contributed by atoms with Gasteiger partial charge in [-0.3, -0.25) is 4.79 Å². The van der Waals surface area contributed by atoms with Gasteiger partial charge in [-0.2, -0.15) is 0 Å². The van der Waals surface area contributed by atoms with Gasteiger partial charge in [0.2, 0.25) is 5.75 Å². The molecule has 0 fully saturated rings. The molecule has 0 bridgehead atoms. The number of Topliss-reactive ketones (excluding diaryl/α,β-unsaturated/α-hetero) is 1. The number of allylic oxidation sites excluding steroid dienone is 1. The van der Waals surface area contributed by atoms with Crippen LogP contribution in [0.15, 0.2) is 43.0 Å². The fourth-order valence-corrected chi connectivity index (χ4v) is 2.44. The smallest absolute Gasteiger partial charge is 0.203 e. The summed E-state index contributed by atoms with van der Waals surface area (Å²) in [6.07, 6.45) is 0. The van der Waals surface area contributed by atoms with Crippen LogP contribution < -0.4 is 18.9 Å². The molecule has 0 atom stereocenters. The van der Waals surface area contributed by atoms with Crippen LogP contribution in [0.4, 0.5) is 0 Å². The van der Waals surface area contributed by atoms with Crippen molar-refractivity contribution in [1.29, 1.82) is 0 Å². The Bertz CT molecular complexity index is 737. The third kappa shape index (κ3) is 3.94. The Morgan fingerprint density at radius 1 is 0.920 bits per heavy atom. The van der Waals surface area contributed by atoms with Crippen LogP contribution in [0, 0.1) is 0 Å². The van der Waals surface area contributed by atoms with Crippen LogP contribution in [0.5, 0.6) is 23.0 Å². The average Bonchev–Trinajstić information content (AvgIpc) is 2.66. The molecule has 5 nitrogen and oxygen atoms in total. The van der Waals surface area contributed by atoms with Gasteiger partial charge in [0.15, 0.2) is 17.3 Å². The summed E-state index contributed by atoms with van der Waals surface area (Å²) < 4.78 is 21.3. The summed E-state index contributed by atoms with van der Waals surface area (Å²) in [7, 11) is 4.53. The predicted octanol–water partition coefficient (Wildman–Crippen LogP) is 4.01. The van der Waals surface area contributed by atoms with Crippen LogP contribution in [0.2, 0.25) is 0 Å². The minimum atomic E-state index is -0.219. The van der Waals surface area contributed by atoms with Crippen LogP contribution in [0.1, 0.15) is 22.8 Å². The molecule has 0 saturated carbocycles. The van der Waals surface area contributed by atoms with Gasteiger partial charge in [0.25, 0.3) is 0 Å². The maximum atomic E-state index is 12.8. The number of methoxy groups -OCH3 is 3. The van der Waals surface area contributed by atoms with Crippen molar-refractivity contribution >= 4 is 11.4 Å². The molecule has 0 unspecified atom stereocenters. The first-order chi connectivity index (χ1) is 12.0. The molecule has 5 heteroatoms. The zero-order chi connectivity index (χ0) is 18.4. The molecule has 2 aromatic rings. The SMILES string of the molecule is C=C(C(=O)c1cc(OC)c(OC)c(OC)c1)c1ccc(OCC)cc1. The van der Waals surface area contributed by atoms with Crippen molar-refractivity contribution in [3.63, 3.8) is 0 Å². The van der Waals surface area contributed by atoms with Gasteiger partial charge in [-0.25, -0.2) is 0 Å². The summed E-state index contributed by atoms with van der Waals surface area (Å²) in [6.45, 7) is 6.43. The standard InChI is InChI=1S/C20H22O5/c1-6-25-16-9-7-14(8-10-16)13(2)19(21)15-11-17(22-3)20(24-5)18(12-15)23-4/h7-12H,2,6H2,1,3-5H3. The zero-order valence-electron chi connectivity index (χ0n) is 14.9. The van der Waals surface area contributed by atoms with Gasteiger partial charge in [-0.15, -0.1) is 0 Å². The number of hydrogen-bond acceptors (Lipinski definition) is 5. The van der Waals surface area contributed by atoms with E-state index in [1.54, 1.807) is 12.1 Å². The molecule has 0 radical (unpaired) electrons. The maximum Gasteiger partial charge on any atom is 0.203 e. The molecule has 2 rings (SSSR count). The minimum absolute atomic E-state index is 0.219. The molecule has 0 N–H and O–H groups in total. The van der Waals surface area contributed by atoms with Gasteiger partial charge < -0.3 is 18.9 Å². The number of rotatable bonds is 8. The second-order valence-electron chi connectivity index (χ2n) is 5.18. The van der Waals surface area contributed by atoms with E-state index in [1.807, 2.05) is 31.2 Å². The van der Waals surface area contributed by atoms with Gasteiger partial charge in [-0.1, -0.05) is 18.7 Å². The molecular formula is C20H22O5. The Labute approximate surface area is 147 Å². The number of carbonyl (C=O) groups is 1. The van der Waals surface area contributed by atoms with E-state index in [0.717, 1.165) is 11.3 Å². The van der Waals surface area contributed by atoms with E-state index in [-0.39, 0.29) is 5.78 Å². The quantitative estimate of drug-likeness (QED) is 0.536. The summed E-state index contributed by atoms with van der Waals surface area (Å²) in [6, 6.07) is 10.5. The van der Waals surface area contributed by atoms with Crippen molar-refractivity contribution in [2.24, 2.45) is 0 Å². The summed E-state index contributed by atoms with van der Waals surface area (Å²) in [5, 5.41) is 0. The van der Waals surface area contributed by atoms with Crippen molar-refractivity contribution in [2.75, 3.05) is 27.9 Å². The highest BCUT2D eigenvalue weighted by Crippen LogP contribution is 2.39. The highest BCUT2D eigenvalue weighted by atomic mass is 16.5. The number of ketones is 1. The van der Waals surface area contributed by atoms with Crippen LogP contribution >= 0.6 is 0 Å². The van der Waals surface area contributed by atoms with E-state index >= 15 is 0 Å². The highest BCUT2D eigenvalue weighted by Gasteiger charge is 2.19. The van der Waals surface area contributed by atoms with E-state index in [9.17, 15) is 4.79 Å². The Morgan fingerprint density at radius 2 is 1.48 bits per heavy atom. The number of carbonyl (C=O) groups excluding carboxylic acids is 1. The van der Waals surface area contributed by atoms with Crippen LogP contribution in [-0.4, -0.2) is 33.7 Å². The highest BCUT2D eigenvalue weighted by molar-refractivity contribution is 6.28. The molecule has 0 saturated heterocycles. The topological polar surface area (TPSA) is 54.0 Å². The van der Waals surface area contributed by atoms with Crippen molar-refractivity contribution in [1.82, 2.24) is 0 Å². The molecule has 0 aromatic heterocycles. The van der Waals surface area contributed by atoms with E-state index in [0.29, 0.717) is 35.0 Å². The Kier molecular flexibility index (Phi) is 6.06. The fourth-order valence-electron chi connectivity index (χ4n) is 2.44. The van der Waals surface area contributed by atoms with E-state index in [2.05, 4.69) is 6.58 Å². The third-order valence-electron chi connectivity index (χ3n) is 3.71. The second kappa shape index (κ2) is 8.24. The molecule has 25 heavy (non-hydrogen) atoms. The van der Waals surface area contributed by atoms with Crippen LogP contribution in [-0.2, 0) is 0 Å². The summed E-state index contributed by atoms with van der Waals surface area (Å²) in [5.74, 6) is 1.81. The monoisotopic (exact) mass is 342 g/mol. The van der Waals surface area contributed by atoms with Gasteiger partial charge in [0, 0.05) is 11.1 Å². The van der Waals surface area contributed by atoms with Crippen molar-refractivity contribution in [3.05, 3.63) is 54.1 Å². The van der Waals surface area contributed by atoms with E-state index < -0.39 is 0 Å². The average molecular weight is 342 g/mol. The lowest BCUT2D eigenvalue weighted by Gasteiger charge is -2.14. The van der Waals surface area contributed by atoms with Gasteiger partial charge in [0.05, 0.1) is 27.9 Å². The lowest BCUT2D eigenvalue weighted by atomic mass is 9.97. The first kappa shape index (κ1) is 18.4. The summed E-state index contributed by atoms with van der Waals surface area (Å²) in [4.78, 5) is 12.8. The predicted molar refractivity (Wildman–Crippen MR) is 97.1 cm³/mol. The number of ether oxygens (including phenoxy) is 4. The third-order valence-corrected chi connectivity index (χ3v) is 3.71. The molecule has 0 aliphatic rings. The minimum Gasteiger partial charge on any atom is -0.494 e. The lowest BCUT2D eigenvalue weighted by molar-refractivity contribution is 0.105. The normalized spacial score (nSPS) is 10.1. The number of hydrogen-bond donors (Lipinski definition) is 0. The van der Waals surface area contributed by atoms with Gasteiger partial charge in [0.1, 0.15) is 5.75 Å². The largest absolute Gasteiger partial charge is 0.494 e. The van der Waals surface area contributed by atoms with E-state index in [4.69, 9.17) is 18.9 Å². The van der Waals surface area contributed by atoms with Gasteiger partial charge >= 0.3 is 0 Å². The molecule has 2 aromatic carbocycles. The maximum absolute atomic E-state index is 12.8. The molecule has 0 spiro atoms. The second-order valence-corrected chi connectivity index (χ2v) is 5.18. The Balaban J connectivity index is 2.34. The Hall–Kier alpha value is -2.95. The molecule has 0 amide bonds. The fraction of sp³-hybridized carbons (Fsp3) is 0.250. The van der Waals surface area contributed by atoms with Crippen molar-refractivity contribution in [2.45, 2.75) is 6.92 Å². The summed E-state index contributed by atoms with van der Waals surface area (Å²) in [5.41, 5.74) is 1.51. The van der Waals surface area contributed by atoms with Crippen molar-refractivity contribution in [3.8, 4) is 23.0 Å². The molecule has 0 heterocycles. The van der Waals surface area contributed by atoms with E-state index in [1.165, 1.54) is 21.3 Å². The summed E-state index contributed by atoms with van der Waals surface area (Å²) >= 11 is 0. The first-order valence-corrected chi connectivity index (χ1v) is 7.82. The molecule has 0 aliphatic carbocycles. The number of benzene rings is 2. The van der Waals surface area contributed by atoms with Crippen LogP contribution in [0.25, 0.3) is 5.57 Å².